The largest absolute Gasteiger partial charge is 0.367 e. The Balaban J connectivity index is 1.92. The topological polar surface area (TPSA) is 49.8 Å². The first-order chi connectivity index (χ1) is 8.29. The molecule has 0 saturated carbocycles. The molecule has 2 rings (SSSR count). The van der Waals surface area contributed by atoms with E-state index in [1.54, 1.807) is 7.05 Å². The summed E-state index contributed by atoms with van der Waals surface area (Å²) in [7, 11) is 1.72. The van der Waals surface area contributed by atoms with Gasteiger partial charge in [-0.05, 0) is 30.3 Å². The minimum Gasteiger partial charge on any atom is -0.367 e. The highest BCUT2D eigenvalue weighted by atomic mass is 32.2. The fraction of sp³-hybridized carbons (Fsp3) is 0.636. The van der Waals surface area contributed by atoms with Crippen molar-refractivity contribution in [3.8, 4) is 0 Å². The van der Waals surface area contributed by atoms with Gasteiger partial charge in [-0.1, -0.05) is 0 Å². The molecule has 0 aliphatic carbocycles. The Morgan fingerprint density at radius 3 is 2.94 bits per heavy atom. The first kappa shape index (κ1) is 12.4. The van der Waals surface area contributed by atoms with Gasteiger partial charge in [-0.15, -0.1) is 0 Å². The minimum absolute atomic E-state index is 0.294. The van der Waals surface area contributed by atoms with Crippen LogP contribution in [-0.2, 0) is 0 Å². The predicted molar refractivity (Wildman–Crippen MR) is 70.1 cm³/mol. The van der Waals surface area contributed by atoms with E-state index in [0.717, 1.165) is 6.54 Å². The zero-order chi connectivity index (χ0) is 12.1. The number of anilines is 2. The average molecular weight is 256 g/mol. The zero-order valence-electron chi connectivity index (χ0n) is 9.87. The molecular formula is C11H17FN4S. The Bertz CT molecular complexity index is 368. The molecule has 0 atom stereocenters. The van der Waals surface area contributed by atoms with Crippen LogP contribution in [0.3, 0.4) is 0 Å². The average Bonchev–Trinajstić information content (AvgIpc) is 2.39. The number of thioether (sulfide) groups is 1. The van der Waals surface area contributed by atoms with Crippen molar-refractivity contribution in [2.75, 3.05) is 35.7 Å². The maximum atomic E-state index is 13.4. The second kappa shape index (κ2) is 6.05. The van der Waals surface area contributed by atoms with Crippen molar-refractivity contribution < 1.29 is 4.39 Å². The zero-order valence-corrected chi connectivity index (χ0v) is 10.7. The third-order valence-corrected chi connectivity index (χ3v) is 3.92. The summed E-state index contributed by atoms with van der Waals surface area (Å²) in [4.78, 5) is 7.87. The van der Waals surface area contributed by atoms with Crippen LogP contribution in [0.1, 0.15) is 12.8 Å². The summed E-state index contributed by atoms with van der Waals surface area (Å²) in [6.45, 7) is 0.789. The van der Waals surface area contributed by atoms with Crippen LogP contribution in [0.5, 0.6) is 0 Å². The smallest absolute Gasteiger partial charge is 0.224 e. The van der Waals surface area contributed by atoms with Gasteiger partial charge in [0.15, 0.2) is 11.6 Å². The standard InChI is InChI=1S/C11H17FN4S/c1-13-11-15-7-9(12)10(16-11)14-6-8-2-4-17-5-3-8/h7-8H,2-6H2,1H3,(H2,13,14,15,16). The molecule has 94 valence electrons. The van der Waals surface area contributed by atoms with Crippen LogP contribution < -0.4 is 10.6 Å². The van der Waals surface area contributed by atoms with Crippen LogP contribution in [0.15, 0.2) is 6.20 Å². The Labute approximate surface area is 105 Å². The van der Waals surface area contributed by atoms with E-state index in [9.17, 15) is 4.39 Å². The van der Waals surface area contributed by atoms with E-state index in [1.165, 1.54) is 30.5 Å². The van der Waals surface area contributed by atoms with E-state index >= 15 is 0 Å². The summed E-state index contributed by atoms with van der Waals surface area (Å²) in [5, 5.41) is 5.88. The van der Waals surface area contributed by atoms with Gasteiger partial charge in [0, 0.05) is 13.6 Å². The van der Waals surface area contributed by atoms with Crippen LogP contribution in [0.25, 0.3) is 0 Å². The summed E-state index contributed by atoms with van der Waals surface area (Å²) in [6, 6.07) is 0. The van der Waals surface area contributed by atoms with Crippen molar-refractivity contribution in [1.29, 1.82) is 0 Å². The van der Waals surface area contributed by atoms with E-state index < -0.39 is 5.82 Å². The number of halogens is 1. The van der Waals surface area contributed by atoms with Gasteiger partial charge < -0.3 is 10.6 Å². The summed E-state index contributed by atoms with van der Waals surface area (Å²) < 4.78 is 13.4. The van der Waals surface area contributed by atoms with E-state index in [0.29, 0.717) is 17.7 Å². The first-order valence-corrected chi connectivity index (χ1v) is 6.97. The van der Waals surface area contributed by atoms with Gasteiger partial charge in [-0.2, -0.15) is 16.7 Å². The van der Waals surface area contributed by atoms with E-state index in [2.05, 4.69) is 20.6 Å². The van der Waals surface area contributed by atoms with Gasteiger partial charge in [0.05, 0.1) is 6.20 Å². The van der Waals surface area contributed by atoms with Gasteiger partial charge in [0.2, 0.25) is 5.95 Å². The number of nitrogens with one attached hydrogen (secondary N) is 2. The second-order valence-electron chi connectivity index (χ2n) is 4.08. The van der Waals surface area contributed by atoms with Crippen molar-refractivity contribution >= 4 is 23.5 Å². The molecule has 2 heterocycles. The van der Waals surface area contributed by atoms with E-state index in [-0.39, 0.29) is 0 Å². The molecule has 1 aliphatic heterocycles. The molecule has 1 aromatic rings. The number of hydrogen-bond donors (Lipinski definition) is 2. The molecule has 0 unspecified atom stereocenters. The molecule has 0 amide bonds. The molecule has 2 N–H and O–H groups in total. The maximum Gasteiger partial charge on any atom is 0.224 e. The number of rotatable bonds is 4. The molecule has 1 saturated heterocycles. The van der Waals surface area contributed by atoms with Crippen LogP contribution in [0.2, 0.25) is 0 Å². The predicted octanol–water partition coefficient (Wildman–Crippen LogP) is 2.21. The second-order valence-corrected chi connectivity index (χ2v) is 5.30. The molecule has 4 nitrogen and oxygen atoms in total. The van der Waals surface area contributed by atoms with Gasteiger partial charge in [0.1, 0.15) is 0 Å². The molecule has 0 bridgehead atoms. The fourth-order valence-electron chi connectivity index (χ4n) is 1.80. The van der Waals surface area contributed by atoms with Crippen molar-refractivity contribution in [2.24, 2.45) is 5.92 Å². The quantitative estimate of drug-likeness (QED) is 0.865. The SMILES string of the molecule is CNc1ncc(F)c(NCC2CCSCC2)n1. The highest BCUT2D eigenvalue weighted by Gasteiger charge is 2.14. The van der Waals surface area contributed by atoms with Gasteiger partial charge in [-0.3, -0.25) is 0 Å². The lowest BCUT2D eigenvalue weighted by atomic mass is 10.0. The number of aromatic nitrogens is 2. The third kappa shape index (κ3) is 3.46. The first-order valence-electron chi connectivity index (χ1n) is 5.81. The lowest BCUT2D eigenvalue weighted by Gasteiger charge is -2.21. The Morgan fingerprint density at radius 1 is 1.47 bits per heavy atom. The van der Waals surface area contributed by atoms with Crippen LogP contribution in [-0.4, -0.2) is 35.1 Å². The number of hydrogen-bond acceptors (Lipinski definition) is 5. The van der Waals surface area contributed by atoms with E-state index in [1.807, 2.05) is 11.8 Å². The summed E-state index contributed by atoms with van der Waals surface area (Å²) in [6.07, 6.45) is 3.59. The molecule has 0 radical (unpaired) electrons. The highest BCUT2D eigenvalue weighted by molar-refractivity contribution is 7.99. The molecular weight excluding hydrogens is 239 g/mol. The lowest BCUT2D eigenvalue weighted by molar-refractivity contribution is 0.512. The van der Waals surface area contributed by atoms with Crippen molar-refractivity contribution in [2.45, 2.75) is 12.8 Å². The molecule has 1 fully saturated rings. The Kier molecular flexibility index (Phi) is 4.42. The maximum absolute atomic E-state index is 13.4. The Morgan fingerprint density at radius 2 is 2.24 bits per heavy atom. The summed E-state index contributed by atoms with van der Waals surface area (Å²) in [5.74, 6) is 3.38. The van der Waals surface area contributed by atoms with Crippen molar-refractivity contribution in [3.05, 3.63) is 12.0 Å². The molecule has 0 spiro atoms. The molecule has 1 aliphatic rings. The summed E-state index contributed by atoms with van der Waals surface area (Å²) >= 11 is 1.99. The molecule has 1 aromatic heterocycles. The van der Waals surface area contributed by atoms with Crippen LogP contribution in [0, 0.1) is 11.7 Å². The van der Waals surface area contributed by atoms with Crippen LogP contribution in [0.4, 0.5) is 16.2 Å². The monoisotopic (exact) mass is 256 g/mol. The third-order valence-electron chi connectivity index (χ3n) is 2.87. The molecule has 0 aromatic carbocycles. The normalized spacial score (nSPS) is 16.8. The molecule has 17 heavy (non-hydrogen) atoms. The summed E-state index contributed by atoms with van der Waals surface area (Å²) in [5.41, 5.74) is 0. The van der Waals surface area contributed by atoms with Crippen molar-refractivity contribution in [3.63, 3.8) is 0 Å². The Hall–Kier alpha value is -1.04. The fourth-order valence-corrected chi connectivity index (χ4v) is 3.01. The highest BCUT2D eigenvalue weighted by Crippen LogP contribution is 2.23. The van der Waals surface area contributed by atoms with Gasteiger partial charge in [0.25, 0.3) is 0 Å². The van der Waals surface area contributed by atoms with E-state index in [4.69, 9.17) is 0 Å². The molecule has 6 heteroatoms. The van der Waals surface area contributed by atoms with Crippen molar-refractivity contribution in [1.82, 2.24) is 9.97 Å². The lowest BCUT2D eigenvalue weighted by Crippen LogP contribution is -2.20. The van der Waals surface area contributed by atoms with Crippen LogP contribution >= 0.6 is 11.8 Å². The van der Waals surface area contributed by atoms with Gasteiger partial charge >= 0.3 is 0 Å². The minimum atomic E-state index is -0.394. The van der Waals surface area contributed by atoms with Gasteiger partial charge in [-0.25, -0.2) is 9.37 Å². The number of nitrogens with zero attached hydrogens (tertiary/aromatic N) is 2.